The third-order valence-electron chi connectivity index (χ3n) is 2.93. The molecule has 2 rings (SSSR count). The van der Waals surface area contributed by atoms with Gasteiger partial charge in [-0.05, 0) is 13.8 Å². The van der Waals surface area contributed by atoms with Gasteiger partial charge in [0.2, 0.25) is 10.0 Å². The van der Waals surface area contributed by atoms with Crippen molar-refractivity contribution in [3.63, 3.8) is 0 Å². The number of morpholine rings is 1. The molecule has 0 amide bonds. The fourth-order valence-electron chi connectivity index (χ4n) is 2.03. The Kier molecular flexibility index (Phi) is 5.34. The van der Waals surface area contributed by atoms with Gasteiger partial charge < -0.3 is 15.0 Å². The molecular weight excluding hydrogens is 294 g/mol. The van der Waals surface area contributed by atoms with E-state index in [2.05, 4.69) is 5.16 Å². The molecule has 1 atom stereocenters. The topological polar surface area (TPSA) is 98.7 Å². The maximum absolute atomic E-state index is 12.5. The number of hydrogen-bond donors (Lipinski definition) is 1. The van der Waals surface area contributed by atoms with Crippen LogP contribution in [0.25, 0.3) is 0 Å². The number of rotatable bonds is 3. The van der Waals surface area contributed by atoms with Gasteiger partial charge in [0.1, 0.15) is 10.6 Å². The molecule has 1 aromatic rings. The molecule has 1 saturated heterocycles. The molecule has 0 spiro atoms. The quantitative estimate of drug-likeness (QED) is 0.847. The fourth-order valence-corrected chi connectivity index (χ4v) is 3.77. The van der Waals surface area contributed by atoms with Crippen molar-refractivity contribution in [2.75, 3.05) is 26.2 Å². The molecule has 7 nitrogen and oxygen atoms in total. The van der Waals surface area contributed by atoms with Crippen LogP contribution in [0, 0.1) is 13.8 Å². The molecule has 110 valence electrons. The number of halogens is 1. The smallest absolute Gasteiger partial charge is 0.248 e. The van der Waals surface area contributed by atoms with Gasteiger partial charge in [0, 0.05) is 19.6 Å². The molecular formula is C10H18ClN3O4S. The molecule has 0 aromatic carbocycles. The summed E-state index contributed by atoms with van der Waals surface area (Å²) in [6.45, 7) is 4.45. The number of nitrogens with zero attached hydrogens (tertiary/aromatic N) is 2. The van der Waals surface area contributed by atoms with Gasteiger partial charge in [-0.3, -0.25) is 0 Å². The van der Waals surface area contributed by atoms with E-state index in [1.165, 1.54) is 4.31 Å². The summed E-state index contributed by atoms with van der Waals surface area (Å²) >= 11 is 0. The highest BCUT2D eigenvalue weighted by molar-refractivity contribution is 7.89. The minimum absolute atomic E-state index is 0. The fraction of sp³-hybridized carbons (Fsp3) is 0.700. The van der Waals surface area contributed by atoms with Gasteiger partial charge in [-0.1, -0.05) is 5.16 Å². The zero-order valence-corrected chi connectivity index (χ0v) is 12.5. The Labute approximate surface area is 118 Å². The Balaban J connectivity index is 0.00000180. The summed E-state index contributed by atoms with van der Waals surface area (Å²) in [7, 11) is -3.58. The van der Waals surface area contributed by atoms with Crippen molar-refractivity contribution in [2.45, 2.75) is 24.8 Å². The molecule has 1 aromatic heterocycles. The van der Waals surface area contributed by atoms with Crippen molar-refractivity contribution < 1.29 is 17.7 Å². The molecule has 19 heavy (non-hydrogen) atoms. The van der Waals surface area contributed by atoms with E-state index in [0.717, 1.165) is 0 Å². The number of aromatic nitrogens is 1. The first kappa shape index (κ1) is 16.4. The predicted octanol–water partition coefficient (Wildman–Crippen LogP) is 0.0614. The number of aryl methyl sites for hydroxylation is 2. The van der Waals surface area contributed by atoms with Crippen molar-refractivity contribution in [3.05, 3.63) is 11.5 Å². The van der Waals surface area contributed by atoms with Gasteiger partial charge in [0.15, 0.2) is 5.76 Å². The first-order valence-corrected chi connectivity index (χ1v) is 7.15. The van der Waals surface area contributed by atoms with Crippen LogP contribution in [0.4, 0.5) is 0 Å². The van der Waals surface area contributed by atoms with Gasteiger partial charge in [-0.25, -0.2) is 8.42 Å². The highest BCUT2D eigenvalue weighted by atomic mass is 35.5. The maximum Gasteiger partial charge on any atom is 0.248 e. The molecule has 2 N–H and O–H groups in total. The van der Waals surface area contributed by atoms with Gasteiger partial charge in [-0.15, -0.1) is 12.4 Å². The average molecular weight is 312 g/mol. The zero-order chi connectivity index (χ0) is 13.3. The second-order valence-corrected chi connectivity index (χ2v) is 6.12. The molecule has 2 heterocycles. The first-order chi connectivity index (χ1) is 8.46. The minimum Gasteiger partial charge on any atom is -0.374 e. The van der Waals surface area contributed by atoms with E-state index in [1.807, 2.05) is 0 Å². The lowest BCUT2D eigenvalue weighted by Crippen LogP contribution is -2.48. The predicted molar refractivity (Wildman–Crippen MR) is 70.8 cm³/mol. The molecule has 0 aliphatic carbocycles. The van der Waals surface area contributed by atoms with Crippen LogP contribution < -0.4 is 5.73 Å². The Morgan fingerprint density at radius 2 is 2.16 bits per heavy atom. The molecule has 1 unspecified atom stereocenters. The summed E-state index contributed by atoms with van der Waals surface area (Å²) in [4.78, 5) is 0.153. The van der Waals surface area contributed by atoms with E-state index in [4.69, 9.17) is 15.0 Å². The van der Waals surface area contributed by atoms with E-state index in [1.54, 1.807) is 13.8 Å². The lowest BCUT2D eigenvalue weighted by atomic mass is 10.3. The second kappa shape index (κ2) is 6.19. The Morgan fingerprint density at radius 1 is 1.47 bits per heavy atom. The molecule has 1 fully saturated rings. The van der Waals surface area contributed by atoms with Crippen LogP contribution in [0.3, 0.4) is 0 Å². The third-order valence-corrected chi connectivity index (χ3v) is 5.04. The normalized spacial score (nSPS) is 21.1. The first-order valence-electron chi connectivity index (χ1n) is 5.71. The monoisotopic (exact) mass is 311 g/mol. The largest absolute Gasteiger partial charge is 0.374 e. The molecule has 1 aliphatic rings. The third kappa shape index (κ3) is 3.09. The Hall–Kier alpha value is -0.670. The van der Waals surface area contributed by atoms with Crippen LogP contribution >= 0.6 is 12.4 Å². The highest BCUT2D eigenvalue weighted by Crippen LogP contribution is 2.24. The summed E-state index contributed by atoms with van der Waals surface area (Å²) in [6.07, 6.45) is -0.256. The van der Waals surface area contributed by atoms with E-state index in [9.17, 15) is 8.42 Å². The van der Waals surface area contributed by atoms with Crippen molar-refractivity contribution in [3.8, 4) is 0 Å². The molecule has 0 bridgehead atoms. The lowest BCUT2D eigenvalue weighted by Gasteiger charge is -2.31. The molecule has 1 aliphatic heterocycles. The van der Waals surface area contributed by atoms with E-state index in [0.29, 0.717) is 31.2 Å². The number of ether oxygens (including phenoxy) is 1. The Morgan fingerprint density at radius 3 is 2.68 bits per heavy atom. The van der Waals surface area contributed by atoms with Crippen molar-refractivity contribution >= 4 is 22.4 Å². The molecule has 0 saturated carbocycles. The number of nitrogens with two attached hydrogens (primary N) is 1. The minimum atomic E-state index is -3.58. The van der Waals surface area contributed by atoms with Crippen LogP contribution in [0.1, 0.15) is 11.5 Å². The lowest BCUT2D eigenvalue weighted by molar-refractivity contribution is 0.00447. The molecule has 0 radical (unpaired) electrons. The van der Waals surface area contributed by atoms with Gasteiger partial charge in [-0.2, -0.15) is 4.31 Å². The van der Waals surface area contributed by atoms with E-state index < -0.39 is 10.0 Å². The standard InChI is InChI=1S/C10H17N3O4S.ClH/c1-7-10(8(2)17-12-7)18(14,15)13-3-4-16-9(5-11)6-13;/h9H,3-6,11H2,1-2H3;1H. The van der Waals surface area contributed by atoms with Crippen LogP contribution in [0.2, 0.25) is 0 Å². The van der Waals surface area contributed by atoms with E-state index in [-0.39, 0.29) is 30.0 Å². The summed E-state index contributed by atoms with van der Waals surface area (Å²) < 4.78 is 36.6. The summed E-state index contributed by atoms with van der Waals surface area (Å²) in [6, 6.07) is 0. The van der Waals surface area contributed by atoms with Crippen LogP contribution in [0.5, 0.6) is 0 Å². The van der Waals surface area contributed by atoms with Crippen LogP contribution in [-0.4, -0.2) is 50.2 Å². The maximum atomic E-state index is 12.5. The Bertz CT molecular complexity index is 511. The number of sulfonamides is 1. The van der Waals surface area contributed by atoms with E-state index >= 15 is 0 Å². The summed E-state index contributed by atoms with van der Waals surface area (Å²) in [5.74, 6) is 0.309. The SMILES string of the molecule is Cc1noc(C)c1S(=O)(=O)N1CCOC(CN)C1.Cl. The zero-order valence-electron chi connectivity index (χ0n) is 10.8. The van der Waals surface area contributed by atoms with Crippen LogP contribution in [0.15, 0.2) is 9.42 Å². The van der Waals surface area contributed by atoms with Gasteiger partial charge in [0.05, 0.1) is 12.7 Å². The van der Waals surface area contributed by atoms with Gasteiger partial charge >= 0.3 is 0 Å². The summed E-state index contributed by atoms with van der Waals surface area (Å²) in [5, 5.41) is 3.68. The van der Waals surface area contributed by atoms with Crippen molar-refractivity contribution in [1.82, 2.24) is 9.46 Å². The highest BCUT2D eigenvalue weighted by Gasteiger charge is 2.34. The van der Waals surface area contributed by atoms with Crippen LogP contribution in [-0.2, 0) is 14.8 Å². The second-order valence-electron chi connectivity index (χ2n) is 4.24. The molecule has 9 heteroatoms. The summed E-state index contributed by atoms with van der Waals surface area (Å²) in [5.41, 5.74) is 5.89. The van der Waals surface area contributed by atoms with Gasteiger partial charge in [0.25, 0.3) is 0 Å². The average Bonchev–Trinajstić information content (AvgIpc) is 2.69. The van der Waals surface area contributed by atoms with Crippen molar-refractivity contribution in [2.24, 2.45) is 5.73 Å². The number of hydrogen-bond acceptors (Lipinski definition) is 6. The van der Waals surface area contributed by atoms with Crippen molar-refractivity contribution in [1.29, 1.82) is 0 Å².